The normalized spacial score (nSPS) is 10.7. The molecular formula is C17H30O. The van der Waals surface area contributed by atoms with E-state index in [1.54, 1.807) is 12.0 Å². The second-order valence-electron chi connectivity index (χ2n) is 5.04. The van der Waals surface area contributed by atoms with Gasteiger partial charge in [-0.1, -0.05) is 83.3 Å². The number of rotatable bonds is 13. The Morgan fingerprint density at radius 3 is 1.78 bits per heavy atom. The summed E-state index contributed by atoms with van der Waals surface area (Å²) in [6, 6.07) is 0. The van der Waals surface area contributed by atoms with Crippen LogP contribution in [0.5, 0.6) is 0 Å². The van der Waals surface area contributed by atoms with E-state index in [0.717, 1.165) is 6.42 Å². The lowest BCUT2D eigenvalue weighted by Crippen LogP contribution is -1.81. The Balaban J connectivity index is 3.00. The van der Waals surface area contributed by atoms with E-state index in [-0.39, 0.29) is 0 Å². The minimum atomic E-state index is 1.09. The van der Waals surface area contributed by atoms with Crippen molar-refractivity contribution in [3.8, 4) is 0 Å². The molecule has 0 amide bonds. The van der Waals surface area contributed by atoms with Crippen molar-refractivity contribution in [3.05, 3.63) is 18.2 Å². The van der Waals surface area contributed by atoms with Gasteiger partial charge in [0.1, 0.15) is 5.94 Å². The minimum absolute atomic E-state index is 1.09. The van der Waals surface area contributed by atoms with Gasteiger partial charge in [0.25, 0.3) is 0 Å². The van der Waals surface area contributed by atoms with Crippen LogP contribution in [0.1, 0.15) is 84.0 Å². The molecule has 0 aromatic rings. The first-order valence-electron chi connectivity index (χ1n) is 7.77. The van der Waals surface area contributed by atoms with E-state index in [9.17, 15) is 4.79 Å². The Hall–Kier alpha value is -0.810. The SMILES string of the molecule is CCCCCCCCCCCCC/C=C/C=C=O. The van der Waals surface area contributed by atoms with E-state index in [2.05, 4.69) is 13.0 Å². The molecule has 0 saturated heterocycles. The number of hydrogen-bond donors (Lipinski definition) is 0. The van der Waals surface area contributed by atoms with Gasteiger partial charge in [-0.15, -0.1) is 0 Å². The quantitative estimate of drug-likeness (QED) is 0.235. The highest BCUT2D eigenvalue weighted by molar-refractivity contribution is 5.48. The topological polar surface area (TPSA) is 17.1 Å². The fourth-order valence-corrected chi connectivity index (χ4v) is 2.13. The molecule has 0 aromatic heterocycles. The summed E-state index contributed by atoms with van der Waals surface area (Å²) in [6.45, 7) is 2.27. The lowest BCUT2D eigenvalue weighted by molar-refractivity contribution is 0.550. The number of unbranched alkanes of at least 4 members (excludes halogenated alkanes) is 11. The third-order valence-electron chi connectivity index (χ3n) is 3.27. The largest absolute Gasteiger partial charge is 0.234 e. The maximum atomic E-state index is 9.89. The van der Waals surface area contributed by atoms with E-state index >= 15 is 0 Å². The van der Waals surface area contributed by atoms with Crippen molar-refractivity contribution in [3.63, 3.8) is 0 Å². The summed E-state index contributed by atoms with van der Waals surface area (Å²) in [6.07, 6.45) is 21.6. The maximum Gasteiger partial charge on any atom is 0.124 e. The monoisotopic (exact) mass is 250 g/mol. The Morgan fingerprint density at radius 1 is 0.778 bits per heavy atom. The molecule has 104 valence electrons. The Morgan fingerprint density at radius 2 is 1.28 bits per heavy atom. The van der Waals surface area contributed by atoms with Crippen LogP contribution in [-0.4, -0.2) is 5.94 Å². The molecule has 1 nitrogen and oxygen atoms in total. The molecule has 0 saturated carbocycles. The zero-order chi connectivity index (χ0) is 13.3. The van der Waals surface area contributed by atoms with Gasteiger partial charge in [-0.2, -0.15) is 0 Å². The highest BCUT2D eigenvalue weighted by atomic mass is 16.1. The van der Waals surface area contributed by atoms with E-state index in [1.165, 1.54) is 76.7 Å². The molecule has 0 rings (SSSR count). The van der Waals surface area contributed by atoms with Crippen LogP contribution in [0.25, 0.3) is 0 Å². The number of carbonyl (C=O) groups excluding carboxylic acids is 1. The van der Waals surface area contributed by atoms with Crippen molar-refractivity contribution in [2.45, 2.75) is 84.0 Å². The highest BCUT2D eigenvalue weighted by Gasteiger charge is 1.92. The second kappa shape index (κ2) is 16.2. The van der Waals surface area contributed by atoms with Gasteiger partial charge < -0.3 is 0 Å². The van der Waals surface area contributed by atoms with E-state index in [1.807, 2.05) is 0 Å². The van der Waals surface area contributed by atoms with E-state index in [0.29, 0.717) is 0 Å². The average Bonchev–Trinajstić information content (AvgIpc) is 2.39. The van der Waals surface area contributed by atoms with E-state index < -0.39 is 0 Å². The van der Waals surface area contributed by atoms with Crippen LogP contribution in [-0.2, 0) is 4.79 Å². The molecule has 0 unspecified atom stereocenters. The average molecular weight is 250 g/mol. The predicted octanol–water partition coefficient (Wildman–Crippen LogP) is 5.63. The van der Waals surface area contributed by atoms with Gasteiger partial charge in [-0.05, 0) is 12.8 Å². The molecule has 18 heavy (non-hydrogen) atoms. The molecule has 0 radical (unpaired) electrons. The summed E-state index contributed by atoms with van der Waals surface area (Å²) in [5.74, 6) is 1.75. The molecule has 0 aromatic carbocycles. The molecule has 0 aliphatic rings. The molecule has 0 aliphatic carbocycles. The molecule has 0 aliphatic heterocycles. The molecule has 0 N–H and O–H groups in total. The third kappa shape index (κ3) is 15.2. The van der Waals surface area contributed by atoms with Crippen LogP contribution < -0.4 is 0 Å². The molecule has 1 heteroatoms. The second-order valence-corrected chi connectivity index (χ2v) is 5.04. The molecular weight excluding hydrogens is 220 g/mol. The van der Waals surface area contributed by atoms with Gasteiger partial charge in [0.15, 0.2) is 0 Å². The Bertz CT molecular complexity index is 224. The van der Waals surface area contributed by atoms with Crippen molar-refractivity contribution in [1.82, 2.24) is 0 Å². The molecule has 0 spiro atoms. The van der Waals surface area contributed by atoms with Crippen LogP contribution in [0.15, 0.2) is 18.2 Å². The zero-order valence-corrected chi connectivity index (χ0v) is 12.1. The summed E-state index contributed by atoms with van der Waals surface area (Å²) in [5, 5.41) is 0. The van der Waals surface area contributed by atoms with Crippen molar-refractivity contribution in [1.29, 1.82) is 0 Å². The standard InChI is InChI=1S/C17H30O/c1-2-3-4-5-6-7-8-9-10-11-12-13-14-15-16-17-18/h14-16H,2-13H2,1H3/b15-14+. The first-order chi connectivity index (χ1) is 8.91. The molecule has 0 bridgehead atoms. The van der Waals surface area contributed by atoms with Gasteiger partial charge in [-0.3, -0.25) is 0 Å². The van der Waals surface area contributed by atoms with Crippen molar-refractivity contribution in [2.75, 3.05) is 0 Å². The van der Waals surface area contributed by atoms with Crippen LogP contribution in [0.2, 0.25) is 0 Å². The van der Waals surface area contributed by atoms with Gasteiger partial charge >= 0.3 is 0 Å². The molecule has 0 heterocycles. The molecule has 0 fully saturated rings. The first-order valence-corrected chi connectivity index (χ1v) is 7.77. The van der Waals surface area contributed by atoms with Crippen molar-refractivity contribution in [2.24, 2.45) is 0 Å². The number of allylic oxidation sites excluding steroid dienone is 3. The van der Waals surface area contributed by atoms with Gasteiger partial charge in [0.05, 0.1) is 0 Å². The highest BCUT2D eigenvalue weighted by Crippen LogP contribution is 2.11. The van der Waals surface area contributed by atoms with E-state index in [4.69, 9.17) is 0 Å². The fourth-order valence-electron chi connectivity index (χ4n) is 2.13. The molecule has 0 atom stereocenters. The lowest BCUT2D eigenvalue weighted by Gasteiger charge is -2.01. The van der Waals surface area contributed by atoms with Crippen LogP contribution in [0, 0.1) is 0 Å². The van der Waals surface area contributed by atoms with Crippen LogP contribution in [0.4, 0.5) is 0 Å². The van der Waals surface area contributed by atoms with Crippen LogP contribution in [0.3, 0.4) is 0 Å². The summed E-state index contributed by atoms with van der Waals surface area (Å²) in [4.78, 5) is 9.89. The summed E-state index contributed by atoms with van der Waals surface area (Å²) < 4.78 is 0. The maximum absolute atomic E-state index is 9.89. The lowest BCUT2D eigenvalue weighted by atomic mass is 10.1. The Kier molecular flexibility index (Phi) is 15.5. The number of hydrogen-bond acceptors (Lipinski definition) is 1. The van der Waals surface area contributed by atoms with Crippen molar-refractivity contribution < 1.29 is 4.79 Å². The van der Waals surface area contributed by atoms with Crippen molar-refractivity contribution >= 4 is 5.94 Å². The summed E-state index contributed by atoms with van der Waals surface area (Å²) >= 11 is 0. The van der Waals surface area contributed by atoms with Gasteiger partial charge in [-0.25, -0.2) is 4.79 Å². The fraction of sp³-hybridized carbons (Fsp3) is 0.765. The van der Waals surface area contributed by atoms with Gasteiger partial charge in [0, 0.05) is 6.08 Å². The summed E-state index contributed by atoms with van der Waals surface area (Å²) in [7, 11) is 0. The third-order valence-corrected chi connectivity index (χ3v) is 3.27. The Labute approximate surface area is 113 Å². The predicted molar refractivity (Wildman–Crippen MR) is 80.5 cm³/mol. The zero-order valence-electron chi connectivity index (χ0n) is 12.1. The van der Waals surface area contributed by atoms with Gasteiger partial charge in [0.2, 0.25) is 0 Å². The minimum Gasteiger partial charge on any atom is -0.234 e. The smallest absolute Gasteiger partial charge is 0.124 e. The van der Waals surface area contributed by atoms with Crippen LogP contribution >= 0.6 is 0 Å². The summed E-state index contributed by atoms with van der Waals surface area (Å²) in [5.41, 5.74) is 0. The first kappa shape index (κ1) is 17.2.